The van der Waals surface area contributed by atoms with E-state index in [9.17, 15) is 27.6 Å². The third-order valence-electron chi connectivity index (χ3n) is 7.62. The number of ether oxygens (including phenoxy) is 1. The molecule has 0 saturated heterocycles. The fourth-order valence-electron chi connectivity index (χ4n) is 5.47. The Morgan fingerprint density at radius 1 is 1.00 bits per heavy atom. The van der Waals surface area contributed by atoms with E-state index in [-0.39, 0.29) is 37.4 Å². The number of esters is 1. The fourth-order valence-corrected chi connectivity index (χ4v) is 5.47. The van der Waals surface area contributed by atoms with E-state index >= 15 is 0 Å². The zero-order chi connectivity index (χ0) is 28.4. The van der Waals surface area contributed by atoms with Crippen molar-refractivity contribution in [3.8, 4) is 11.1 Å². The Bertz CT molecular complexity index is 1440. The van der Waals surface area contributed by atoms with Gasteiger partial charge in [-0.25, -0.2) is 4.79 Å². The van der Waals surface area contributed by atoms with Gasteiger partial charge in [0.2, 0.25) is 11.8 Å². The van der Waals surface area contributed by atoms with Crippen molar-refractivity contribution in [1.29, 1.82) is 0 Å². The van der Waals surface area contributed by atoms with Gasteiger partial charge in [0.1, 0.15) is 6.42 Å². The molecule has 2 amide bonds. The van der Waals surface area contributed by atoms with Gasteiger partial charge in [-0.1, -0.05) is 54.6 Å². The van der Waals surface area contributed by atoms with Crippen molar-refractivity contribution in [2.24, 2.45) is 5.92 Å². The van der Waals surface area contributed by atoms with Gasteiger partial charge in [-0.3, -0.25) is 9.59 Å². The van der Waals surface area contributed by atoms with Crippen molar-refractivity contribution in [3.63, 3.8) is 0 Å². The maximum Gasteiger partial charge on any atom is 0.397 e. The minimum absolute atomic E-state index is 0.00997. The maximum atomic E-state index is 13.0. The van der Waals surface area contributed by atoms with Crippen LogP contribution < -0.4 is 5.32 Å². The molecule has 3 aromatic carbocycles. The number of nitrogens with one attached hydrogen (secondary N) is 1. The third-order valence-corrected chi connectivity index (χ3v) is 7.62. The Balaban J connectivity index is 1.40. The molecule has 1 fully saturated rings. The van der Waals surface area contributed by atoms with Crippen molar-refractivity contribution >= 4 is 17.8 Å². The van der Waals surface area contributed by atoms with Crippen LogP contribution in [-0.2, 0) is 33.8 Å². The summed E-state index contributed by atoms with van der Waals surface area (Å²) in [6.07, 6.45) is -5.00. The molecule has 1 aliphatic carbocycles. The van der Waals surface area contributed by atoms with E-state index in [1.807, 2.05) is 48.5 Å². The van der Waals surface area contributed by atoms with Crippen LogP contribution in [0, 0.1) is 5.92 Å². The second-order valence-electron chi connectivity index (χ2n) is 10.2. The molecule has 9 heteroatoms. The van der Waals surface area contributed by atoms with E-state index in [0.717, 1.165) is 39.8 Å². The number of methoxy groups -OCH3 is 1. The Morgan fingerprint density at radius 2 is 1.77 bits per heavy atom. The Kier molecular flexibility index (Phi) is 7.65. The van der Waals surface area contributed by atoms with Crippen molar-refractivity contribution in [3.05, 3.63) is 94.5 Å². The van der Waals surface area contributed by atoms with Gasteiger partial charge in [0, 0.05) is 25.6 Å². The molecule has 1 N–H and O–H groups in total. The first-order valence-electron chi connectivity index (χ1n) is 13.1. The molecule has 0 unspecified atom stereocenters. The topological polar surface area (TPSA) is 75.7 Å². The van der Waals surface area contributed by atoms with E-state index in [0.29, 0.717) is 12.0 Å². The van der Waals surface area contributed by atoms with Crippen LogP contribution in [0.4, 0.5) is 13.2 Å². The molecule has 1 aliphatic heterocycles. The average Bonchev–Trinajstić information content (AvgIpc) is 3.76. The van der Waals surface area contributed by atoms with Crippen LogP contribution in [-0.4, -0.2) is 42.5 Å². The molecule has 0 aromatic heterocycles. The largest absolute Gasteiger partial charge is 0.465 e. The van der Waals surface area contributed by atoms with Crippen LogP contribution in [0.1, 0.15) is 51.4 Å². The molecule has 3 aromatic rings. The lowest BCUT2D eigenvalue weighted by atomic mass is 9.87. The molecule has 6 nitrogen and oxygen atoms in total. The predicted molar refractivity (Wildman–Crippen MR) is 142 cm³/mol. The molecule has 0 spiro atoms. The van der Waals surface area contributed by atoms with Gasteiger partial charge in [0.15, 0.2) is 0 Å². The Labute approximate surface area is 230 Å². The SMILES string of the molecule is COC(=O)c1cccc(-c2ccc(CNC(=O)[C@@H]3C[C@H]3c3ccccc3)c3c2CCN(C(=O)CC(F)(F)F)C3)c1. The normalized spacial score (nSPS) is 18.1. The second-order valence-corrected chi connectivity index (χ2v) is 10.2. The van der Waals surface area contributed by atoms with Crippen molar-refractivity contribution in [1.82, 2.24) is 10.2 Å². The van der Waals surface area contributed by atoms with Gasteiger partial charge < -0.3 is 15.0 Å². The highest BCUT2D eigenvalue weighted by atomic mass is 19.4. The molecule has 0 bridgehead atoms. The molecule has 40 heavy (non-hydrogen) atoms. The summed E-state index contributed by atoms with van der Waals surface area (Å²) < 4.78 is 43.7. The smallest absolute Gasteiger partial charge is 0.397 e. The van der Waals surface area contributed by atoms with Crippen LogP contribution in [0.15, 0.2) is 66.7 Å². The first-order valence-corrected chi connectivity index (χ1v) is 13.1. The maximum absolute atomic E-state index is 13.0. The number of rotatable bonds is 7. The number of hydrogen-bond donors (Lipinski definition) is 1. The Hall–Kier alpha value is -4.14. The molecule has 208 valence electrons. The van der Waals surface area contributed by atoms with Gasteiger partial charge in [-0.15, -0.1) is 0 Å². The van der Waals surface area contributed by atoms with E-state index < -0.39 is 24.5 Å². The lowest BCUT2D eigenvalue weighted by Gasteiger charge is -2.32. The number of carbonyl (C=O) groups excluding carboxylic acids is 3. The quantitative estimate of drug-likeness (QED) is 0.400. The molecule has 2 aliphatic rings. The number of amides is 2. The van der Waals surface area contributed by atoms with E-state index in [2.05, 4.69) is 5.32 Å². The lowest BCUT2D eigenvalue weighted by Crippen LogP contribution is -2.39. The van der Waals surface area contributed by atoms with Gasteiger partial charge >= 0.3 is 12.1 Å². The third kappa shape index (κ3) is 6.03. The summed E-state index contributed by atoms with van der Waals surface area (Å²) in [5.74, 6) is -1.47. The number of hydrogen-bond acceptors (Lipinski definition) is 4. The zero-order valence-electron chi connectivity index (χ0n) is 22.0. The number of carbonyl (C=O) groups is 3. The highest BCUT2D eigenvalue weighted by Gasteiger charge is 2.43. The van der Waals surface area contributed by atoms with Gasteiger partial charge in [-0.05, 0) is 64.3 Å². The van der Waals surface area contributed by atoms with E-state index in [4.69, 9.17) is 4.74 Å². The molecule has 1 saturated carbocycles. The van der Waals surface area contributed by atoms with Gasteiger partial charge in [0.25, 0.3) is 0 Å². The van der Waals surface area contributed by atoms with Crippen LogP contribution in [0.2, 0.25) is 0 Å². The second kappa shape index (κ2) is 11.2. The highest BCUT2D eigenvalue weighted by Crippen LogP contribution is 2.47. The summed E-state index contributed by atoms with van der Waals surface area (Å²) in [6, 6.07) is 20.5. The number of fused-ring (bicyclic) bond motifs is 1. The summed E-state index contributed by atoms with van der Waals surface area (Å²) in [5.41, 5.74) is 5.44. The molecular weight excluding hydrogens is 521 g/mol. The summed E-state index contributed by atoms with van der Waals surface area (Å²) >= 11 is 0. The summed E-state index contributed by atoms with van der Waals surface area (Å²) in [6.45, 7) is 0.348. The van der Waals surface area contributed by atoms with E-state index in [1.54, 1.807) is 18.2 Å². The van der Waals surface area contributed by atoms with Crippen LogP contribution in [0.5, 0.6) is 0 Å². The first-order chi connectivity index (χ1) is 19.1. The lowest BCUT2D eigenvalue weighted by molar-refractivity contribution is -0.162. The van der Waals surface area contributed by atoms with Crippen molar-refractivity contribution in [2.75, 3.05) is 13.7 Å². The van der Waals surface area contributed by atoms with Gasteiger partial charge in [-0.2, -0.15) is 13.2 Å². The molecule has 1 heterocycles. The van der Waals surface area contributed by atoms with E-state index in [1.165, 1.54) is 12.0 Å². The fraction of sp³-hybridized carbons (Fsp3) is 0.323. The predicted octanol–water partition coefficient (Wildman–Crippen LogP) is 5.40. The number of benzene rings is 3. The van der Waals surface area contributed by atoms with Crippen LogP contribution in [0.25, 0.3) is 11.1 Å². The number of alkyl halides is 3. The summed E-state index contributed by atoms with van der Waals surface area (Å²) in [5, 5.41) is 3.00. The van der Waals surface area contributed by atoms with Crippen molar-refractivity contribution < 1.29 is 32.3 Å². The molecule has 2 atom stereocenters. The first kappa shape index (κ1) is 27.4. The van der Waals surface area contributed by atoms with Gasteiger partial charge in [0.05, 0.1) is 12.7 Å². The average molecular weight is 551 g/mol. The van der Waals surface area contributed by atoms with Crippen LogP contribution in [0.3, 0.4) is 0 Å². The Morgan fingerprint density at radius 3 is 2.50 bits per heavy atom. The van der Waals surface area contributed by atoms with Crippen molar-refractivity contribution in [2.45, 2.75) is 44.4 Å². The van der Waals surface area contributed by atoms with Crippen LogP contribution >= 0.6 is 0 Å². The monoisotopic (exact) mass is 550 g/mol. The molecule has 5 rings (SSSR count). The standard InChI is InChI=1S/C31H29F3N2O4/c1-40-30(39)21-9-5-8-20(14-21)23-11-10-22(17-35-29(38)26-15-25(26)19-6-3-2-4-7-19)27-18-36(13-12-24(23)27)28(37)16-31(32,33)34/h2-11,14,25-26H,12-13,15-18H2,1H3,(H,35,38)/t25-,26+/m0/s1. The summed E-state index contributed by atoms with van der Waals surface area (Å²) in [4.78, 5) is 38.7. The number of halogens is 3. The minimum Gasteiger partial charge on any atom is -0.465 e. The summed E-state index contributed by atoms with van der Waals surface area (Å²) in [7, 11) is 1.30. The molecule has 0 radical (unpaired) electrons. The molecular formula is C31H29F3N2O4. The number of nitrogens with zero attached hydrogens (tertiary/aromatic N) is 1. The highest BCUT2D eigenvalue weighted by molar-refractivity contribution is 5.91. The zero-order valence-corrected chi connectivity index (χ0v) is 22.0. The minimum atomic E-state index is -4.59.